The number of hydrogen-bond donors (Lipinski definition) is 1. The van der Waals surface area contributed by atoms with Crippen LogP contribution in [0.2, 0.25) is 0 Å². The van der Waals surface area contributed by atoms with Gasteiger partial charge in [0.25, 0.3) is 0 Å². The van der Waals surface area contributed by atoms with Crippen molar-refractivity contribution in [2.24, 2.45) is 0 Å². The second-order valence-corrected chi connectivity index (χ2v) is 4.78. The van der Waals surface area contributed by atoms with Gasteiger partial charge in [-0.25, -0.2) is 4.79 Å². The normalized spacial score (nSPS) is 10.8. The molecule has 1 N–H and O–H groups in total. The molecule has 0 bridgehead atoms. The predicted molar refractivity (Wildman–Crippen MR) is 73.1 cm³/mol. The van der Waals surface area contributed by atoms with Crippen molar-refractivity contribution in [3.8, 4) is 11.4 Å². The smallest absolute Gasteiger partial charge is 0.336 e. The molecule has 0 radical (unpaired) electrons. The fourth-order valence-corrected chi connectivity index (χ4v) is 2.35. The lowest BCUT2D eigenvalue weighted by Gasteiger charge is -2.04. The molecule has 3 aromatic rings. The van der Waals surface area contributed by atoms with E-state index in [9.17, 15) is 9.90 Å². The van der Waals surface area contributed by atoms with E-state index in [1.807, 2.05) is 12.1 Å². The highest BCUT2D eigenvalue weighted by Crippen LogP contribution is 2.25. The van der Waals surface area contributed by atoms with Gasteiger partial charge in [0.1, 0.15) is 0 Å². The summed E-state index contributed by atoms with van der Waals surface area (Å²) in [5, 5.41) is 17.4. The number of aromatic nitrogens is 3. The lowest BCUT2D eigenvalue weighted by molar-refractivity contribution is 0.0697. The maximum absolute atomic E-state index is 11.3. The van der Waals surface area contributed by atoms with Crippen molar-refractivity contribution in [2.75, 3.05) is 0 Å². The average molecular weight is 318 g/mol. The van der Waals surface area contributed by atoms with E-state index in [0.29, 0.717) is 17.0 Å². The average Bonchev–Trinajstić information content (AvgIpc) is 2.84. The molecule has 1 aromatic carbocycles. The fourth-order valence-electron chi connectivity index (χ4n) is 1.93. The Balaban J connectivity index is 2.32. The number of aromatic carboxylic acids is 1. The minimum atomic E-state index is -0.984. The van der Waals surface area contributed by atoms with E-state index in [1.165, 1.54) is 0 Å². The van der Waals surface area contributed by atoms with Crippen LogP contribution in [0.1, 0.15) is 10.4 Å². The number of carbonyl (C=O) groups is 1. The summed E-state index contributed by atoms with van der Waals surface area (Å²) in [5.41, 5.74) is 1.40. The topological polar surface area (TPSA) is 67.5 Å². The second kappa shape index (κ2) is 4.47. The minimum absolute atomic E-state index is 0.205. The predicted octanol–water partition coefficient (Wildman–Crippen LogP) is 2.86. The van der Waals surface area contributed by atoms with E-state index in [4.69, 9.17) is 0 Å². The number of fused-ring (bicyclic) bond motifs is 1. The van der Waals surface area contributed by atoms with Gasteiger partial charge < -0.3 is 5.11 Å². The Labute approximate surface area is 116 Å². The Morgan fingerprint density at radius 2 is 1.95 bits per heavy atom. The van der Waals surface area contributed by atoms with Crippen LogP contribution in [0, 0.1) is 0 Å². The van der Waals surface area contributed by atoms with E-state index in [0.717, 1.165) is 4.47 Å². The Morgan fingerprint density at radius 1 is 1.16 bits per heavy atom. The molecule has 0 saturated carbocycles. The summed E-state index contributed by atoms with van der Waals surface area (Å²) in [6, 6.07) is 10.4. The summed E-state index contributed by atoms with van der Waals surface area (Å²) in [4.78, 5) is 11.3. The van der Waals surface area contributed by atoms with E-state index >= 15 is 0 Å². The molecule has 5 nitrogen and oxygen atoms in total. The summed E-state index contributed by atoms with van der Waals surface area (Å²) in [5.74, 6) is -0.475. The molecule has 6 heteroatoms. The number of hydrogen-bond acceptors (Lipinski definition) is 3. The first-order valence-corrected chi connectivity index (χ1v) is 6.30. The zero-order chi connectivity index (χ0) is 13.4. The molecular formula is C13H8BrN3O2. The van der Waals surface area contributed by atoms with Crippen LogP contribution in [0.5, 0.6) is 0 Å². The number of benzene rings is 1. The summed E-state index contributed by atoms with van der Waals surface area (Å²) in [7, 11) is 0. The third-order valence-electron chi connectivity index (χ3n) is 2.79. The number of carboxylic acid groups (broad SMARTS) is 1. The monoisotopic (exact) mass is 317 g/mol. The van der Waals surface area contributed by atoms with Gasteiger partial charge in [0.2, 0.25) is 0 Å². The Hall–Kier alpha value is -2.21. The summed E-state index contributed by atoms with van der Waals surface area (Å²) >= 11 is 3.39. The molecule has 2 heterocycles. The van der Waals surface area contributed by atoms with Gasteiger partial charge in [0.15, 0.2) is 11.5 Å². The van der Waals surface area contributed by atoms with Gasteiger partial charge in [-0.1, -0.05) is 18.2 Å². The first kappa shape index (κ1) is 11.9. The standard InChI is InChI=1S/C13H8BrN3O2/c14-10-6-3-7-17-11(15-16-12(10)17)8-4-1-2-5-9(8)13(18)19/h1-7H,(H,18,19). The van der Waals surface area contributed by atoms with Crippen LogP contribution in [0.15, 0.2) is 47.1 Å². The van der Waals surface area contributed by atoms with Crippen LogP contribution in [0.3, 0.4) is 0 Å². The first-order chi connectivity index (χ1) is 9.18. The van der Waals surface area contributed by atoms with E-state index < -0.39 is 5.97 Å². The number of carboxylic acids is 1. The number of rotatable bonds is 2. The van der Waals surface area contributed by atoms with Crippen molar-refractivity contribution in [3.05, 3.63) is 52.6 Å². The zero-order valence-corrected chi connectivity index (χ0v) is 11.2. The molecule has 2 aromatic heterocycles. The van der Waals surface area contributed by atoms with Gasteiger partial charge in [0, 0.05) is 11.8 Å². The molecule has 0 aliphatic rings. The van der Waals surface area contributed by atoms with Crippen LogP contribution in [-0.2, 0) is 0 Å². The van der Waals surface area contributed by atoms with Gasteiger partial charge in [-0.15, -0.1) is 10.2 Å². The van der Waals surface area contributed by atoms with Crippen LogP contribution in [0.25, 0.3) is 17.0 Å². The minimum Gasteiger partial charge on any atom is -0.478 e. The molecule has 0 atom stereocenters. The number of pyridine rings is 1. The molecule has 0 aliphatic carbocycles. The lowest BCUT2D eigenvalue weighted by atomic mass is 10.1. The van der Waals surface area contributed by atoms with Gasteiger partial charge in [-0.05, 0) is 34.1 Å². The van der Waals surface area contributed by atoms with Crippen molar-refractivity contribution in [3.63, 3.8) is 0 Å². The van der Waals surface area contributed by atoms with Crippen molar-refractivity contribution in [1.82, 2.24) is 14.6 Å². The third kappa shape index (κ3) is 1.90. The van der Waals surface area contributed by atoms with Gasteiger partial charge in [-0.3, -0.25) is 4.40 Å². The molecule has 0 spiro atoms. The van der Waals surface area contributed by atoms with Gasteiger partial charge in [-0.2, -0.15) is 0 Å². The molecule has 0 unspecified atom stereocenters. The third-order valence-corrected chi connectivity index (χ3v) is 3.40. The van der Waals surface area contributed by atoms with Crippen LogP contribution in [0.4, 0.5) is 0 Å². The van der Waals surface area contributed by atoms with Gasteiger partial charge in [0.05, 0.1) is 10.0 Å². The molecule has 0 aliphatic heterocycles. The van der Waals surface area contributed by atoms with Crippen LogP contribution < -0.4 is 0 Å². The fraction of sp³-hybridized carbons (Fsp3) is 0. The molecule has 0 amide bonds. The van der Waals surface area contributed by atoms with E-state index in [1.54, 1.807) is 34.9 Å². The summed E-state index contributed by atoms with van der Waals surface area (Å²) < 4.78 is 2.56. The van der Waals surface area contributed by atoms with E-state index in [-0.39, 0.29) is 5.56 Å². The quantitative estimate of drug-likeness (QED) is 0.789. The molecule has 0 fully saturated rings. The van der Waals surface area contributed by atoms with Crippen LogP contribution >= 0.6 is 15.9 Å². The van der Waals surface area contributed by atoms with Crippen molar-refractivity contribution < 1.29 is 9.90 Å². The first-order valence-electron chi connectivity index (χ1n) is 5.50. The Bertz CT molecular complexity index is 782. The summed E-state index contributed by atoms with van der Waals surface area (Å²) in [6.07, 6.45) is 1.80. The second-order valence-electron chi connectivity index (χ2n) is 3.92. The van der Waals surface area contributed by atoms with Crippen molar-refractivity contribution in [1.29, 1.82) is 0 Å². The highest BCUT2D eigenvalue weighted by atomic mass is 79.9. The van der Waals surface area contributed by atoms with Crippen molar-refractivity contribution in [2.45, 2.75) is 0 Å². The number of nitrogens with zero attached hydrogens (tertiary/aromatic N) is 3. The maximum atomic E-state index is 11.3. The largest absolute Gasteiger partial charge is 0.478 e. The van der Waals surface area contributed by atoms with E-state index in [2.05, 4.69) is 26.1 Å². The molecule has 3 rings (SSSR count). The molecular weight excluding hydrogens is 310 g/mol. The van der Waals surface area contributed by atoms with Crippen LogP contribution in [-0.4, -0.2) is 25.7 Å². The number of halogens is 1. The Morgan fingerprint density at radius 3 is 2.74 bits per heavy atom. The maximum Gasteiger partial charge on any atom is 0.336 e. The molecule has 19 heavy (non-hydrogen) atoms. The Kier molecular flexibility index (Phi) is 2.79. The SMILES string of the molecule is O=C(O)c1ccccc1-c1nnc2c(Br)cccn12. The molecule has 94 valence electrons. The lowest BCUT2D eigenvalue weighted by Crippen LogP contribution is -2.01. The summed E-state index contributed by atoms with van der Waals surface area (Å²) in [6.45, 7) is 0. The zero-order valence-electron chi connectivity index (χ0n) is 9.62. The highest BCUT2D eigenvalue weighted by Gasteiger charge is 2.16. The van der Waals surface area contributed by atoms with Gasteiger partial charge >= 0.3 is 5.97 Å². The molecule has 0 saturated heterocycles. The van der Waals surface area contributed by atoms with Crippen molar-refractivity contribution >= 4 is 27.5 Å². The highest BCUT2D eigenvalue weighted by molar-refractivity contribution is 9.10.